The molecule has 7 nitrogen and oxygen atoms in total. The summed E-state index contributed by atoms with van der Waals surface area (Å²) in [5, 5.41) is 8.48. The lowest BCUT2D eigenvalue weighted by molar-refractivity contribution is -0.123. The molecule has 9 heteroatoms. The largest absolute Gasteiger partial charge is 0.482 e. The van der Waals surface area contributed by atoms with Crippen molar-refractivity contribution in [2.45, 2.75) is 0 Å². The molecule has 148 valence electrons. The van der Waals surface area contributed by atoms with Crippen LogP contribution >= 0.6 is 23.2 Å². The molecular formula is C19H19Cl2N3O4. The minimum Gasteiger partial charge on any atom is -0.482 e. The average Bonchev–Trinajstić information content (AvgIpc) is 2.69. The second-order valence-electron chi connectivity index (χ2n) is 5.61. The Bertz CT molecular complexity index is 831. The van der Waals surface area contributed by atoms with Crippen molar-refractivity contribution in [2.75, 3.05) is 26.2 Å². The average molecular weight is 424 g/mol. The lowest BCUT2D eigenvalue weighted by Crippen LogP contribution is -2.41. The summed E-state index contributed by atoms with van der Waals surface area (Å²) in [6, 6.07) is 13.3. The van der Waals surface area contributed by atoms with Crippen LogP contribution in [0.3, 0.4) is 0 Å². The number of nitrogens with one attached hydrogen (secondary N) is 3. The number of amides is 3. The number of rotatable bonds is 9. The Balaban J connectivity index is 1.58. The zero-order valence-electron chi connectivity index (χ0n) is 14.8. The second kappa shape index (κ2) is 11.2. The number of halogens is 2. The van der Waals surface area contributed by atoms with E-state index in [0.717, 1.165) is 0 Å². The van der Waals surface area contributed by atoms with E-state index in [1.54, 1.807) is 42.5 Å². The fraction of sp³-hybridized carbons (Fsp3) is 0.211. The third kappa shape index (κ3) is 7.46. The van der Waals surface area contributed by atoms with Gasteiger partial charge in [0.05, 0.1) is 11.6 Å². The number of ether oxygens (including phenoxy) is 1. The second-order valence-corrected chi connectivity index (χ2v) is 6.46. The third-order valence-electron chi connectivity index (χ3n) is 3.47. The van der Waals surface area contributed by atoms with Gasteiger partial charge in [-0.05, 0) is 30.3 Å². The molecule has 0 aliphatic rings. The Hall–Kier alpha value is -2.77. The smallest absolute Gasteiger partial charge is 0.258 e. The summed E-state index contributed by atoms with van der Waals surface area (Å²) < 4.78 is 5.30. The minimum absolute atomic E-state index is 0.153. The molecule has 2 aromatic carbocycles. The highest BCUT2D eigenvalue weighted by molar-refractivity contribution is 6.35. The first-order chi connectivity index (χ1) is 13.5. The summed E-state index contributed by atoms with van der Waals surface area (Å²) in [5.74, 6) is -0.703. The molecule has 0 spiro atoms. The maximum Gasteiger partial charge on any atom is 0.258 e. The molecule has 0 heterocycles. The van der Waals surface area contributed by atoms with Crippen molar-refractivity contribution in [1.29, 1.82) is 0 Å². The SMILES string of the molecule is O=C(CNC(=O)c1ccccc1)NCCNC(=O)COc1ccc(Cl)cc1Cl. The molecule has 0 saturated carbocycles. The summed E-state index contributed by atoms with van der Waals surface area (Å²) in [7, 11) is 0. The van der Waals surface area contributed by atoms with Gasteiger partial charge >= 0.3 is 0 Å². The van der Waals surface area contributed by atoms with E-state index in [4.69, 9.17) is 27.9 Å². The van der Waals surface area contributed by atoms with Crippen LogP contribution in [0.4, 0.5) is 0 Å². The summed E-state index contributed by atoms with van der Waals surface area (Å²) in [6.07, 6.45) is 0. The van der Waals surface area contributed by atoms with Gasteiger partial charge in [0.25, 0.3) is 11.8 Å². The van der Waals surface area contributed by atoms with E-state index >= 15 is 0 Å². The molecule has 0 radical (unpaired) electrons. The fourth-order valence-electron chi connectivity index (χ4n) is 2.11. The molecule has 0 unspecified atom stereocenters. The van der Waals surface area contributed by atoms with Crippen LogP contribution in [0.1, 0.15) is 10.4 Å². The topological polar surface area (TPSA) is 96.5 Å². The van der Waals surface area contributed by atoms with Gasteiger partial charge in [-0.25, -0.2) is 0 Å². The molecule has 2 aromatic rings. The van der Waals surface area contributed by atoms with E-state index in [-0.39, 0.29) is 44.0 Å². The lowest BCUT2D eigenvalue weighted by Gasteiger charge is -2.10. The molecular weight excluding hydrogens is 405 g/mol. The van der Waals surface area contributed by atoms with E-state index in [1.165, 1.54) is 6.07 Å². The fourth-order valence-corrected chi connectivity index (χ4v) is 2.57. The molecule has 0 aliphatic carbocycles. The summed E-state index contributed by atoms with van der Waals surface area (Å²) in [4.78, 5) is 35.3. The van der Waals surface area contributed by atoms with Crippen molar-refractivity contribution in [3.8, 4) is 5.75 Å². The molecule has 0 fully saturated rings. The highest BCUT2D eigenvalue weighted by Crippen LogP contribution is 2.27. The normalized spacial score (nSPS) is 10.1. The standard InChI is InChI=1S/C19H19Cl2N3O4/c20-14-6-7-16(15(21)10-14)28-12-18(26)23-9-8-22-17(25)11-24-19(27)13-4-2-1-3-5-13/h1-7,10H,8-9,11-12H2,(H,22,25)(H,23,26)(H,24,27). The first-order valence-corrected chi connectivity index (χ1v) is 9.16. The van der Waals surface area contributed by atoms with Crippen molar-refractivity contribution in [1.82, 2.24) is 16.0 Å². The van der Waals surface area contributed by atoms with Gasteiger partial charge in [-0.3, -0.25) is 14.4 Å². The van der Waals surface area contributed by atoms with Gasteiger partial charge in [0.2, 0.25) is 5.91 Å². The van der Waals surface area contributed by atoms with Crippen LogP contribution in [0.15, 0.2) is 48.5 Å². The maximum absolute atomic E-state index is 11.8. The number of carbonyl (C=O) groups is 3. The van der Waals surface area contributed by atoms with Crippen molar-refractivity contribution in [2.24, 2.45) is 0 Å². The van der Waals surface area contributed by atoms with E-state index < -0.39 is 0 Å². The summed E-state index contributed by atoms with van der Waals surface area (Å²) >= 11 is 11.7. The number of hydrogen-bond acceptors (Lipinski definition) is 4. The van der Waals surface area contributed by atoms with Crippen LogP contribution in [0.25, 0.3) is 0 Å². The maximum atomic E-state index is 11.8. The van der Waals surface area contributed by atoms with Crippen LogP contribution < -0.4 is 20.7 Å². The van der Waals surface area contributed by atoms with E-state index in [9.17, 15) is 14.4 Å². The predicted molar refractivity (Wildman–Crippen MR) is 107 cm³/mol. The molecule has 3 N–H and O–H groups in total. The van der Waals surface area contributed by atoms with Gasteiger partial charge in [0.15, 0.2) is 6.61 Å². The molecule has 0 aromatic heterocycles. The first-order valence-electron chi connectivity index (χ1n) is 8.40. The molecule has 3 amide bonds. The Morgan fingerprint density at radius 2 is 1.54 bits per heavy atom. The van der Waals surface area contributed by atoms with Gasteiger partial charge in [-0.15, -0.1) is 0 Å². The van der Waals surface area contributed by atoms with E-state index in [2.05, 4.69) is 16.0 Å². The van der Waals surface area contributed by atoms with Crippen LogP contribution in [0.5, 0.6) is 5.75 Å². The van der Waals surface area contributed by atoms with Crippen LogP contribution in [0, 0.1) is 0 Å². The van der Waals surface area contributed by atoms with Crippen molar-refractivity contribution in [3.05, 3.63) is 64.1 Å². The van der Waals surface area contributed by atoms with Crippen molar-refractivity contribution >= 4 is 40.9 Å². The van der Waals surface area contributed by atoms with Gasteiger partial charge in [0.1, 0.15) is 5.75 Å². The zero-order valence-corrected chi connectivity index (χ0v) is 16.3. The quantitative estimate of drug-likeness (QED) is 0.537. The van der Waals surface area contributed by atoms with Gasteiger partial charge in [-0.2, -0.15) is 0 Å². The predicted octanol–water partition coefficient (Wildman–Crippen LogP) is 2.03. The zero-order chi connectivity index (χ0) is 20.4. The van der Waals surface area contributed by atoms with Crippen LogP contribution in [0.2, 0.25) is 10.0 Å². The molecule has 0 saturated heterocycles. The molecule has 28 heavy (non-hydrogen) atoms. The van der Waals surface area contributed by atoms with E-state index in [0.29, 0.717) is 21.4 Å². The molecule has 0 atom stereocenters. The molecule has 0 aliphatic heterocycles. The van der Waals surface area contributed by atoms with Crippen molar-refractivity contribution in [3.63, 3.8) is 0 Å². The summed E-state index contributed by atoms with van der Waals surface area (Å²) in [6.45, 7) is 0.0602. The highest BCUT2D eigenvalue weighted by atomic mass is 35.5. The Kier molecular flexibility index (Phi) is 8.58. The number of carbonyl (C=O) groups excluding carboxylic acids is 3. The number of hydrogen-bond donors (Lipinski definition) is 3. The van der Waals surface area contributed by atoms with Crippen molar-refractivity contribution < 1.29 is 19.1 Å². The van der Waals surface area contributed by atoms with Gasteiger partial charge in [0, 0.05) is 23.7 Å². The lowest BCUT2D eigenvalue weighted by atomic mass is 10.2. The third-order valence-corrected chi connectivity index (χ3v) is 4.00. The first kappa shape index (κ1) is 21.5. The van der Waals surface area contributed by atoms with Crippen LogP contribution in [-0.2, 0) is 9.59 Å². The molecule has 0 bridgehead atoms. The van der Waals surface area contributed by atoms with E-state index in [1.807, 2.05) is 0 Å². The van der Waals surface area contributed by atoms with Crippen LogP contribution in [-0.4, -0.2) is 44.0 Å². The minimum atomic E-state index is -0.363. The number of benzene rings is 2. The van der Waals surface area contributed by atoms with Gasteiger partial charge < -0.3 is 20.7 Å². The highest BCUT2D eigenvalue weighted by Gasteiger charge is 2.08. The Labute approximate surface area is 172 Å². The Morgan fingerprint density at radius 1 is 0.857 bits per heavy atom. The van der Waals surface area contributed by atoms with Gasteiger partial charge in [-0.1, -0.05) is 41.4 Å². The monoisotopic (exact) mass is 423 g/mol. The summed E-state index contributed by atoms with van der Waals surface area (Å²) in [5.41, 5.74) is 0.475. The molecule has 2 rings (SSSR count). The Morgan fingerprint density at radius 3 is 2.21 bits per heavy atom.